The molecule has 10 radical (unpaired) electrons. The van der Waals surface area contributed by atoms with Crippen LogP contribution in [0, 0.1) is 75.5 Å². The summed E-state index contributed by atoms with van der Waals surface area (Å²) in [4.78, 5) is 15.2. The van der Waals surface area contributed by atoms with Gasteiger partial charge in [-0.1, -0.05) is 5.92 Å². The first-order valence-electron chi connectivity index (χ1n) is 6.48. The maximum absolute atomic E-state index is 4.12. The molecule has 4 nitrogen and oxygen atoms in total. The first kappa shape index (κ1) is 17.0. The van der Waals surface area contributed by atoms with Crippen LogP contribution in [-0.4, -0.2) is 19.9 Å². The molecule has 0 unspecified atom stereocenters. The van der Waals surface area contributed by atoms with Gasteiger partial charge in [0.25, 0.3) is 0 Å². The molecule has 0 amide bonds. The van der Waals surface area contributed by atoms with Gasteiger partial charge < -0.3 is 4.98 Å². The van der Waals surface area contributed by atoms with Gasteiger partial charge in [-0.25, -0.2) is 15.0 Å². The van der Waals surface area contributed by atoms with Gasteiger partial charge in [0, 0.05) is 0 Å². The molecule has 4 rings (SSSR count). The second-order valence-electron chi connectivity index (χ2n) is 4.21. The second-order valence-corrected chi connectivity index (χ2v) is 4.21. The zero-order chi connectivity index (χ0) is 14.3. The third-order valence-corrected chi connectivity index (χ3v) is 2.77. The SMILES string of the molecule is C(#Cc1ncnc2nc[nH]c12)[C]1[CH][CH][CH][CH]1.[CH]1[CH][CH][CH][CH]1.[Fe+2]. The van der Waals surface area contributed by atoms with Crippen LogP contribution >= 0.6 is 0 Å². The van der Waals surface area contributed by atoms with E-state index in [-0.39, 0.29) is 17.1 Å². The summed E-state index contributed by atoms with van der Waals surface area (Å²) < 4.78 is 0. The molecule has 0 spiro atoms. The predicted octanol–water partition coefficient (Wildman–Crippen LogP) is 2.13. The molecule has 22 heavy (non-hydrogen) atoms. The Morgan fingerprint density at radius 1 is 0.773 bits per heavy atom. The largest absolute Gasteiger partial charge is 2.00 e. The van der Waals surface area contributed by atoms with Crippen molar-refractivity contribution < 1.29 is 17.1 Å². The molecular formula is C17H12FeN4+2. The number of imidazole rings is 1. The van der Waals surface area contributed by atoms with E-state index < -0.39 is 0 Å². The normalized spacial score (nSPS) is 17.3. The molecule has 5 heteroatoms. The molecule has 2 aliphatic rings. The van der Waals surface area contributed by atoms with Crippen molar-refractivity contribution in [2.45, 2.75) is 0 Å². The summed E-state index contributed by atoms with van der Waals surface area (Å²) in [5.74, 6) is 7.02. The Morgan fingerprint density at radius 3 is 2.14 bits per heavy atom. The number of aromatic nitrogens is 4. The van der Waals surface area contributed by atoms with Crippen LogP contribution in [0.3, 0.4) is 0 Å². The average Bonchev–Trinajstić information content (AvgIpc) is 3.28. The van der Waals surface area contributed by atoms with Crippen molar-refractivity contribution in [3.8, 4) is 11.8 Å². The van der Waals surface area contributed by atoms with Gasteiger partial charge in [-0.05, 0) is 63.7 Å². The van der Waals surface area contributed by atoms with Gasteiger partial charge in [0.05, 0.1) is 12.2 Å². The number of aromatic amines is 1. The van der Waals surface area contributed by atoms with Crippen molar-refractivity contribution in [2.75, 3.05) is 0 Å². The fourth-order valence-corrected chi connectivity index (χ4v) is 1.77. The maximum atomic E-state index is 4.12. The Labute approximate surface area is 142 Å². The molecule has 0 aliphatic heterocycles. The monoisotopic (exact) mass is 328 g/mol. The minimum absolute atomic E-state index is 0. The van der Waals surface area contributed by atoms with E-state index >= 15 is 0 Å². The molecule has 1 N–H and O–H groups in total. The van der Waals surface area contributed by atoms with Crippen molar-refractivity contribution in [3.63, 3.8) is 0 Å². The smallest absolute Gasteiger partial charge is 0.341 e. The van der Waals surface area contributed by atoms with Crippen molar-refractivity contribution in [1.82, 2.24) is 19.9 Å². The minimum Gasteiger partial charge on any atom is -0.341 e. The Hall–Kier alpha value is -1.37. The maximum Gasteiger partial charge on any atom is 2.00 e. The number of nitrogens with one attached hydrogen (secondary N) is 1. The topological polar surface area (TPSA) is 54.5 Å². The average molecular weight is 328 g/mol. The molecule has 0 atom stereocenters. The predicted molar refractivity (Wildman–Crippen MR) is 80.5 cm³/mol. The number of rotatable bonds is 0. The van der Waals surface area contributed by atoms with E-state index in [0.717, 1.165) is 11.4 Å². The van der Waals surface area contributed by atoms with Crippen LogP contribution in [0.2, 0.25) is 0 Å². The zero-order valence-electron chi connectivity index (χ0n) is 11.5. The van der Waals surface area contributed by atoms with Crippen LogP contribution < -0.4 is 0 Å². The van der Waals surface area contributed by atoms with Crippen molar-refractivity contribution in [3.05, 3.63) is 82.1 Å². The van der Waals surface area contributed by atoms with Crippen LogP contribution in [0.4, 0.5) is 0 Å². The van der Waals surface area contributed by atoms with Crippen molar-refractivity contribution >= 4 is 11.2 Å². The van der Waals surface area contributed by atoms with Gasteiger partial charge in [0.1, 0.15) is 17.5 Å². The molecule has 2 fully saturated rings. The second kappa shape index (κ2) is 8.92. The molecular weight excluding hydrogens is 316 g/mol. The van der Waals surface area contributed by atoms with E-state index in [0.29, 0.717) is 11.3 Å². The zero-order valence-corrected chi connectivity index (χ0v) is 12.7. The standard InChI is InChI=1S/C12H7N4.C5H5.Fe/c1-2-4-9(3-1)5-6-10-11-12(15-7-13-10)16-8-14-11;1-2-4-5-3-1;/h1-4,7-8H,(H,13,14,15,16);1-5H;/q;;+2. The van der Waals surface area contributed by atoms with Gasteiger partial charge in [-0.15, -0.1) is 0 Å². The third kappa shape index (κ3) is 4.56. The number of fused-ring (bicyclic) bond motifs is 1. The molecule has 0 aromatic carbocycles. The van der Waals surface area contributed by atoms with Crippen molar-refractivity contribution in [1.29, 1.82) is 0 Å². The van der Waals surface area contributed by atoms with Crippen LogP contribution in [0.25, 0.3) is 11.2 Å². The van der Waals surface area contributed by atoms with Crippen LogP contribution in [0.1, 0.15) is 5.69 Å². The molecule has 0 bridgehead atoms. The first-order chi connectivity index (χ1) is 10.4. The summed E-state index contributed by atoms with van der Waals surface area (Å²) in [6.45, 7) is 0. The Kier molecular flexibility index (Phi) is 6.89. The summed E-state index contributed by atoms with van der Waals surface area (Å²) in [5.41, 5.74) is 2.09. The first-order valence-corrected chi connectivity index (χ1v) is 6.48. The van der Waals surface area contributed by atoms with Gasteiger partial charge in [-0.3, -0.25) is 0 Å². The van der Waals surface area contributed by atoms with Crippen LogP contribution in [0.15, 0.2) is 12.7 Å². The Morgan fingerprint density at radius 2 is 1.45 bits per heavy atom. The fraction of sp³-hybridized carbons (Fsp3) is 0. The minimum atomic E-state index is 0. The Balaban J connectivity index is 0.000000253. The molecule has 2 saturated carbocycles. The number of nitrogens with zero attached hydrogens (tertiary/aromatic N) is 3. The molecule has 0 saturated heterocycles. The van der Waals surface area contributed by atoms with Crippen LogP contribution in [-0.2, 0) is 17.1 Å². The van der Waals surface area contributed by atoms with Gasteiger partial charge >= 0.3 is 17.1 Å². The van der Waals surface area contributed by atoms with E-state index in [2.05, 4.69) is 31.8 Å². The number of H-pyrrole nitrogens is 1. The van der Waals surface area contributed by atoms with E-state index in [1.165, 1.54) is 6.33 Å². The van der Waals surface area contributed by atoms with Gasteiger partial charge in [0.15, 0.2) is 5.65 Å². The van der Waals surface area contributed by atoms with E-state index in [4.69, 9.17) is 0 Å². The summed E-state index contributed by atoms with van der Waals surface area (Å²) in [7, 11) is 0. The number of hydrogen-bond donors (Lipinski definition) is 1. The van der Waals surface area contributed by atoms with E-state index in [1.807, 2.05) is 57.8 Å². The quantitative estimate of drug-likeness (QED) is 0.595. The third-order valence-electron chi connectivity index (χ3n) is 2.77. The summed E-state index contributed by atoms with van der Waals surface area (Å²) >= 11 is 0. The summed E-state index contributed by atoms with van der Waals surface area (Å²) in [6.07, 6.45) is 20.9. The Bertz CT molecular complexity index is 623. The molecule has 106 valence electrons. The van der Waals surface area contributed by atoms with Gasteiger partial charge in [-0.2, -0.15) is 0 Å². The molecule has 2 aromatic heterocycles. The molecule has 2 aromatic rings. The van der Waals surface area contributed by atoms with Crippen LogP contribution in [0.5, 0.6) is 0 Å². The molecule has 2 aliphatic carbocycles. The summed E-state index contributed by atoms with van der Waals surface area (Å²) in [6, 6.07) is 0. The van der Waals surface area contributed by atoms with E-state index in [9.17, 15) is 0 Å². The van der Waals surface area contributed by atoms with Gasteiger partial charge in [0.2, 0.25) is 0 Å². The molecule has 2 heterocycles. The van der Waals surface area contributed by atoms with Crippen molar-refractivity contribution in [2.24, 2.45) is 0 Å². The fourth-order valence-electron chi connectivity index (χ4n) is 1.77. The van der Waals surface area contributed by atoms with E-state index in [1.54, 1.807) is 6.33 Å². The summed E-state index contributed by atoms with van der Waals surface area (Å²) in [5, 5.41) is 0. The number of hydrogen-bond acceptors (Lipinski definition) is 3.